The van der Waals surface area contributed by atoms with Gasteiger partial charge in [0.15, 0.2) is 0 Å². The van der Waals surface area contributed by atoms with Gasteiger partial charge in [-0.25, -0.2) is 9.18 Å². The van der Waals surface area contributed by atoms with E-state index in [2.05, 4.69) is 4.74 Å². The van der Waals surface area contributed by atoms with Gasteiger partial charge < -0.3 is 15.6 Å². The van der Waals surface area contributed by atoms with Crippen LogP contribution in [0.25, 0.3) is 0 Å². The number of allylic oxidation sites excluding steroid dienone is 3. The molecular formula is C10H14FNO3. The Kier molecular flexibility index (Phi) is 3.85. The van der Waals surface area contributed by atoms with Crippen LogP contribution in [0.15, 0.2) is 23.6 Å². The molecule has 0 heterocycles. The fraction of sp³-hybridized carbons (Fsp3) is 0.500. The summed E-state index contributed by atoms with van der Waals surface area (Å²) in [5.74, 6) is -0.464. The molecule has 0 spiro atoms. The summed E-state index contributed by atoms with van der Waals surface area (Å²) in [6.07, 6.45) is 1.13. The van der Waals surface area contributed by atoms with E-state index in [-0.39, 0.29) is 5.57 Å². The Morgan fingerprint density at radius 2 is 2.40 bits per heavy atom. The highest BCUT2D eigenvalue weighted by atomic mass is 19.1. The van der Waals surface area contributed by atoms with Crippen LogP contribution in [0.4, 0.5) is 9.18 Å². The first kappa shape index (κ1) is 11.7. The summed E-state index contributed by atoms with van der Waals surface area (Å²) in [5.41, 5.74) is 5.06. The standard InChI is InChI=1S/C10H14FNO3/c1-6(15-10(12)14)9(13)7-4-2-3-5-8(7)11/h3,5-6,9,13H,2,4H2,1H3,(H2,12,14)/t6-,9+/m1/s1. The first-order valence-corrected chi connectivity index (χ1v) is 4.71. The van der Waals surface area contributed by atoms with Gasteiger partial charge in [-0.15, -0.1) is 0 Å². The topological polar surface area (TPSA) is 72.5 Å². The number of primary amides is 1. The Morgan fingerprint density at radius 1 is 1.73 bits per heavy atom. The maximum atomic E-state index is 13.3. The van der Waals surface area contributed by atoms with Crippen molar-refractivity contribution in [1.82, 2.24) is 0 Å². The summed E-state index contributed by atoms with van der Waals surface area (Å²) < 4.78 is 17.8. The quantitative estimate of drug-likeness (QED) is 0.747. The van der Waals surface area contributed by atoms with Crippen molar-refractivity contribution in [2.45, 2.75) is 32.0 Å². The van der Waals surface area contributed by atoms with E-state index in [1.54, 1.807) is 6.08 Å². The monoisotopic (exact) mass is 215 g/mol. The molecule has 0 aromatic carbocycles. The number of carbonyl (C=O) groups is 1. The highest BCUT2D eigenvalue weighted by Crippen LogP contribution is 2.25. The molecule has 1 aliphatic carbocycles. The highest BCUT2D eigenvalue weighted by molar-refractivity contribution is 5.64. The molecule has 0 saturated heterocycles. The molecule has 0 fully saturated rings. The molecule has 1 rings (SSSR count). The number of hydrogen-bond acceptors (Lipinski definition) is 3. The number of amides is 1. The fourth-order valence-electron chi connectivity index (χ4n) is 1.47. The second-order valence-electron chi connectivity index (χ2n) is 3.40. The second-order valence-corrected chi connectivity index (χ2v) is 3.40. The van der Waals surface area contributed by atoms with Crippen molar-refractivity contribution in [3.05, 3.63) is 23.6 Å². The van der Waals surface area contributed by atoms with Crippen LogP contribution in [0.5, 0.6) is 0 Å². The lowest BCUT2D eigenvalue weighted by molar-refractivity contribution is 0.0325. The summed E-state index contributed by atoms with van der Waals surface area (Å²) in [5, 5.41) is 9.70. The summed E-state index contributed by atoms with van der Waals surface area (Å²) in [4.78, 5) is 10.4. The van der Waals surface area contributed by atoms with Crippen molar-refractivity contribution >= 4 is 6.09 Å². The molecule has 0 radical (unpaired) electrons. The van der Waals surface area contributed by atoms with Gasteiger partial charge in [0.25, 0.3) is 0 Å². The van der Waals surface area contributed by atoms with Gasteiger partial charge in [-0.1, -0.05) is 6.08 Å². The Bertz CT molecular complexity index is 312. The number of aliphatic hydroxyl groups is 1. The Balaban J connectivity index is 2.70. The van der Waals surface area contributed by atoms with Gasteiger partial charge in [0.05, 0.1) is 0 Å². The third-order valence-electron chi connectivity index (χ3n) is 2.25. The van der Waals surface area contributed by atoms with E-state index in [4.69, 9.17) is 5.73 Å². The molecule has 0 aromatic rings. The van der Waals surface area contributed by atoms with Crippen LogP contribution in [-0.4, -0.2) is 23.4 Å². The zero-order valence-corrected chi connectivity index (χ0v) is 8.44. The second kappa shape index (κ2) is 4.93. The molecule has 0 bridgehead atoms. The van der Waals surface area contributed by atoms with Gasteiger partial charge >= 0.3 is 6.09 Å². The Hall–Kier alpha value is -1.36. The Morgan fingerprint density at radius 3 is 2.93 bits per heavy atom. The molecule has 0 aliphatic heterocycles. The van der Waals surface area contributed by atoms with Crippen LogP contribution >= 0.6 is 0 Å². The first-order chi connectivity index (χ1) is 7.02. The fourth-order valence-corrected chi connectivity index (χ4v) is 1.47. The molecule has 1 aliphatic rings. The van der Waals surface area contributed by atoms with Crippen molar-refractivity contribution in [3.8, 4) is 0 Å². The van der Waals surface area contributed by atoms with E-state index in [1.807, 2.05) is 0 Å². The van der Waals surface area contributed by atoms with Crippen LogP contribution in [-0.2, 0) is 4.74 Å². The van der Waals surface area contributed by atoms with Gasteiger partial charge in [0.1, 0.15) is 18.0 Å². The molecule has 5 heteroatoms. The number of hydrogen-bond donors (Lipinski definition) is 2. The van der Waals surface area contributed by atoms with E-state index in [0.717, 1.165) is 0 Å². The minimum Gasteiger partial charge on any atom is -0.444 e. The minimum absolute atomic E-state index is 0.256. The van der Waals surface area contributed by atoms with Crippen molar-refractivity contribution < 1.29 is 19.0 Å². The van der Waals surface area contributed by atoms with Crippen LogP contribution in [0.1, 0.15) is 19.8 Å². The number of rotatable bonds is 3. The largest absolute Gasteiger partial charge is 0.444 e. The number of carbonyl (C=O) groups excluding carboxylic acids is 1. The third-order valence-corrected chi connectivity index (χ3v) is 2.25. The molecule has 84 valence electrons. The van der Waals surface area contributed by atoms with Gasteiger partial charge in [-0.3, -0.25) is 0 Å². The average Bonchev–Trinajstić information content (AvgIpc) is 2.16. The van der Waals surface area contributed by atoms with Crippen molar-refractivity contribution in [3.63, 3.8) is 0 Å². The van der Waals surface area contributed by atoms with Crippen molar-refractivity contribution in [1.29, 1.82) is 0 Å². The molecular weight excluding hydrogens is 201 g/mol. The zero-order valence-electron chi connectivity index (χ0n) is 8.44. The highest BCUT2D eigenvalue weighted by Gasteiger charge is 2.24. The maximum Gasteiger partial charge on any atom is 0.404 e. The van der Waals surface area contributed by atoms with E-state index in [1.165, 1.54) is 13.0 Å². The van der Waals surface area contributed by atoms with E-state index < -0.39 is 24.1 Å². The third kappa shape index (κ3) is 3.06. The van der Waals surface area contributed by atoms with Gasteiger partial charge in [-0.2, -0.15) is 0 Å². The number of ether oxygens (including phenoxy) is 1. The predicted molar refractivity (Wildman–Crippen MR) is 52.6 cm³/mol. The molecule has 15 heavy (non-hydrogen) atoms. The maximum absolute atomic E-state index is 13.3. The number of aliphatic hydroxyl groups excluding tert-OH is 1. The lowest BCUT2D eigenvalue weighted by Crippen LogP contribution is -2.32. The van der Waals surface area contributed by atoms with Gasteiger partial charge in [-0.05, 0) is 31.4 Å². The smallest absolute Gasteiger partial charge is 0.404 e. The van der Waals surface area contributed by atoms with E-state index >= 15 is 0 Å². The first-order valence-electron chi connectivity index (χ1n) is 4.71. The van der Waals surface area contributed by atoms with Crippen LogP contribution in [0, 0.1) is 0 Å². The summed E-state index contributed by atoms with van der Waals surface area (Å²) in [7, 11) is 0. The molecule has 0 aromatic heterocycles. The summed E-state index contributed by atoms with van der Waals surface area (Å²) >= 11 is 0. The summed E-state index contributed by atoms with van der Waals surface area (Å²) in [6.45, 7) is 1.47. The average molecular weight is 215 g/mol. The van der Waals surface area contributed by atoms with Crippen LogP contribution in [0.2, 0.25) is 0 Å². The van der Waals surface area contributed by atoms with Gasteiger partial charge in [0.2, 0.25) is 0 Å². The molecule has 1 amide bonds. The molecule has 4 nitrogen and oxygen atoms in total. The van der Waals surface area contributed by atoms with E-state index in [9.17, 15) is 14.3 Å². The molecule has 2 atom stereocenters. The van der Waals surface area contributed by atoms with Crippen molar-refractivity contribution in [2.24, 2.45) is 5.73 Å². The van der Waals surface area contributed by atoms with Crippen molar-refractivity contribution in [2.75, 3.05) is 0 Å². The number of nitrogens with two attached hydrogens (primary N) is 1. The van der Waals surface area contributed by atoms with E-state index in [0.29, 0.717) is 12.8 Å². The normalized spacial score (nSPS) is 19.9. The molecule has 0 saturated carbocycles. The Labute approximate surface area is 87.2 Å². The number of halogens is 1. The lowest BCUT2D eigenvalue weighted by atomic mass is 9.96. The molecule has 3 N–H and O–H groups in total. The lowest BCUT2D eigenvalue weighted by Gasteiger charge is -2.22. The molecule has 0 unspecified atom stereocenters. The predicted octanol–water partition coefficient (Wildman–Crippen LogP) is 1.40. The van der Waals surface area contributed by atoms with Gasteiger partial charge in [0, 0.05) is 0 Å². The summed E-state index contributed by atoms with van der Waals surface area (Å²) in [6, 6.07) is 0. The van der Waals surface area contributed by atoms with Crippen LogP contribution < -0.4 is 5.73 Å². The van der Waals surface area contributed by atoms with Crippen LogP contribution in [0.3, 0.4) is 0 Å². The minimum atomic E-state index is -1.14. The SMILES string of the molecule is C[C@@H](OC(N)=O)[C@H](O)C1=C(F)C=CCC1. The zero-order chi connectivity index (χ0) is 11.4.